The fraction of sp³-hybridized carbons (Fsp3) is 0.772. The minimum Gasteiger partial charge on any atom is -0.462 e. The number of ether oxygens (including phenoxy) is 3. The van der Waals surface area contributed by atoms with Gasteiger partial charge in [-0.2, -0.15) is 0 Å². The summed E-state index contributed by atoms with van der Waals surface area (Å²) in [5.41, 5.74) is 0. The third-order valence-electron chi connectivity index (χ3n) is 11.5. The van der Waals surface area contributed by atoms with Crippen LogP contribution in [0.25, 0.3) is 0 Å². The van der Waals surface area contributed by atoms with E-state index in [0.717, 1.165) is 77.0 Å². The molecular formula is C57H100O6. The molecule has 6 heteroatoms. The molecule has 364 valence electrons. The lowest BCUT2D eigenvalue weighted by Crippen LogP contribution is -2.30. The smallest absolute Gasteiger partial charge is 0.306 e. The highest BCUT2D eigenvalue weighted by Gasteiger charge is 2.19. The van der Waals surface area contributed by atoms with Crippen molar-refractivity contribution in [2.75, 3.05) is 13.2 Å². The Labute approximate surface area is 390 Å². The minimum atomic E-state index is -0.792. The average molecular weight is 881 g/mol. The third-order valence-corrected chi connectivity index (χ3v) is 11.5. The maximum absolute atomic E-state index is 12.7. The fourth-order valence-electron chi connectivity index (χ4n) is 7.49. The normalized spacial score (nSPS) is 12.5. The van der Waals surface area contributed by atoms with Crippen molar-refractivity contribution in [1.82, 2.24) is 0 Å². The molecule has 1 unspecified atom stereocenters. The van der Waals surface area contributed by atoms with Crippen molar-refractivity contribution in [3.05, 3.63) is 60.8 Å². The van der Waals surface area contributed by atoms with Crippen LogP contribution in [0.1, 0.15) is 265 Å². The van der Waals surface area contributed by atoms with Gasteiger partial charge in [0.25, 0.3) is 0 Å². The van der Waals surface area contributed by atoms with Gasteiger partial charge in [0.05, 0.1) is 0 Å². The van der Waals surface area contributed by atoms with Crippen LogP contribution in [0.3, 0.4) is 0 Å². The van der Waals surface area contributed by atoms with Gasteiger partial charge in [-0.05, 0) is 83.5 Å². The number of allylic oxidation sites excluding steroid dienone is 10. The zero-order chi connectivity index (χ0) is 45.8. The molecule has 0 N–H and O–H groups in total. The molecule has 0 amide bonds. The third kappa shape index (κ3) is 50.0. The summed E-state index contributed by atoms with van der Waals surface area (Å²) in [4.78, 5) is 37.8. The van der Waals surface area contributed by atoms with Gasteiger partial charge in [-0.3, -0.25) is 14.4 Å². The molecule has 0 spiro atoms. The fourth-order valence-corrected chi connectivity index (χ4v) is 7.49. The Hall–Kier alpha value is -2.89. The van der Waals surface area contributed by atoms with E-state index in [1.54, 1.807) is 0 Å². The molecule has 0 aromatic carbocycles. The molecule has 1 atom stereocenters. The van der Waals surface area contributed by atoms with Crippen LogP contribution in [0, 0.1) is 0 Å². The zero-order valence-electron chi connectivity index (χ0n) is 41.6. The largest absolute Gasteiger partial charge is 0.462 e. The standard InChI is InChI=1S/C57H100O6/c1-4-7-10-13-16-18-20-22-24-25-26-27-28-29-30-31-33-34-36-38-41-44-47-50-56(59)62-53-54(52-61-55(58)49-46-43-40-15-12-9-6-3)63-57(60)51-48-45-42-39-37-35-32-23-21-19-17-14-11-8-5-2/h8,11,17,19,23,25-26,32,37,39,54H,4-7,9-10,12-16,18,20-22,24,27-31,33-36,38,40-53H2,1-3H3/b11-8-,19-17-,26-25-,32-23-,39-37-. The average Bonchev–Trinajstić information content (AvgIpc) is 3.28. The van der Waals surface area contributed by atoms with Crippen LogP contribution in [-0.2, 0) is 28.6 Å². The molecule has 0 saturated carbocycles. The first-order chi connectivity index (χ1) is 31.0. The van der Waals surface area contributed by atoms with E-state index in [1.165, 1.54) is 141 Å². The Morgan fingerprint density at radius 2 is 0.619 bits per heavy atom. The quantitative estimate of drug-likeness (QED) is 0.0262. The molecule has 0 rings (SSSR count). The summed E-state index contributed by atoms with van der Waals surface area (Å²) in [5.74, 6) is -0.935. The molecular weight excluding hydrogens is 781 g/mol. The van der Waals surface area contributed by atoms with Crippen LogP contribution in [0.15, 0.2) is 60.8 Å². The summed E-state index contributed by atoms with van der Waals surface area (Å²) >= 11 is 0. The second kappa shape index (κ2) is 51.7. The van der Waals surface area contributed by atoms with Crippen molar-refractivity contribution >= 4 is 17.9 Å². The highest BCUT2D eigenvalue weighted by atomic mass is 16.6. The van der Waals surface area contributed by atoms with E-state index >= 15 is 0 Å². The SMILES string of the molecule is CC/C=C\C/C=C\C/C=C\C/C=C\CCCCC(=O)OC(COC(=O)CCCCCCCCC)COC(=O)CCCCCCCCCCCCC/C=C\CCCCCCCCCC. The highest BCUT2D eigenvalue weighted by Crippen LogP contribution is 2.15. The van der Waals surface area contributed by atoms with E-state index in [9.17, 15) is 14.4 Å². The summed E-state index contributed by atoms with van der Waals surface area (Å²) in [7, 11) is 0. The Morgan fingerprint density at radius 1 is 0.333 bits per heavy atom. The van der Waals surface area contributed by atoms with Crippen LogP contribution in [0.5, 0.6) is 0 Å². The second-order valence-electron chi connectivity index (χ2n) is 17.8. The van der Waals surface area contributed by atoms with Crippen molar-refractivity contribution in [2.45, 2.75) is 271 Å². The van der Waals surface area contributed by atoms with Gasteiger partial charge in [0.2, 0.25) is 0 Å². The number of carbonyl (C=O) groups is 3. The van der Waals surface area contributed by atoms with Crippen LogP contribution in [0.4, 0.5) is 0 Å². The van der Waals surface area contributed by atoms with Gasteiger partial charge in [0.15, 0.2) is 6.10 Å². The Kier molecular flexibility index (Phi) is 49.4. The monoisotopic (exact) mass is 881 g/mol. The predicted molar refractivity (Wildman–Crippen MR) is 270 cm³/mol. The first kappa shape index (κ1) is 60.1. The van der Waals surface area contributed by atoms with Gasteiger partial charge < -0.3 is 14.2 Å². The van der Waals surface area contributed by atoms with E-state index in [-0.39, 0.29) is 37.5 Å². The van der Waals surface area contributed by atoms with Crippen molar-refractivity contribution in [2.24, 2.45) is 0 Å². The lowest BCUT2D eigenvalue weighted by molar-refractivity contribution is -0.167. The maximum atomic E-state index is 12.7. The van der Waals surface area contributed by atoms with Gasteiger partial charge in [-0.1, -0.05) is 223 Å². The molecule has 6 nitrogen and oxygen atoms in total. The lowest BCUT2D eigenvalue weighted by atomic mass is 10.0. The molecule has 0 aliphatic heterocycles. The summed E-state index contributed by atoms with van der Waals surface area (Å²) < 4.78 is 16.7. The molecule has 0 heterocycles. The van der Waals surface area contributed by atoms with E-state index in [2.05, 4.69) is 81.5 Å². The van der Waals surface area contributed by atoms with Crippen LogP contribution >= 0.6 is 0 Å². The summed E-state index contributed by atoms with van der Waals surface area (Å²) in [6, 6.07) is 0. The number of carbonyl (C=O) groups excluding carboxylic acids is 3. The van der Waals surface area contributed by atoms with Crippen LogP contribution in [0.2, 0.25) is 0 Å². The van der Waals surface area contributed by atoms with E-state index in [0.29, 0.717) is 19.3 Å². The Bertz CT molecular complexity index is 1150. The van der Waals surface area contributed by atoms with E-state index in [1.807, 2.05) is 0 Å². The second-order valence-corrected chi connectivity index (χ2v) is 17.8. The molecule has 0 aliphatic carbocycles. The van der Waals surface area contributed by atoms with Gasteiger partial charge in [-0.15, -0.1) is 0 Å². The zero-order valence-corrected chi connectivity index (χ0v) is 41.6. The number of rotatable bonds is 48. The summed E-state index contributed by atoms with van der Waals surface area (Å²) in [5, 5.41) is 0. The topological polar surface area (TPSA) is 78.9 Å². The van der Waals surface area contributed by atoms with E-state index in [4.69, 9.17) is 14.2 Å². The number of esters is 3. The number of hydrogen-bond acceptors (Lipinski definition) is 6. The van der Waals surface area contributed by atoms with Gasteiger partial charge in [-0.25, -0.2) is 0 Å². The summed E-state index contributed by atoms with van der Waals surface area (Å²) in [6.45, 7) is 6.46. The molecule has 0 fully saturated rings. The van der Waals surface area contributed by atoms with Gasteiger partial charge in [0.1, 0.15) is 13.2 Å². The van der Waals surface area contributed by atoms with Crippen molar-refractivity contribution in [3.63, 3.8) is 0 Å². The minimum absolute atomic E-state index is 0.0900. The molecule has 0 radical (unpaired) electrons. The molecule has 0 aromatic heterocycles. The molecule has 0 aromatic rings. The van der Waals surface area contributed by atoms with Crippen molar-refractivity contribution < 1.29 is 28.6 Å². The van der Waals surface area contributed by atoms with E-state index < -0.39 is 6.10 Å². The first-order valence-corrected chi connectivity index (χ1v) is 26.8. The first-order valence-electron chi connectivity index (χ1n) is 26.8. The maximum Gasteiger partial charge on any atom is 0.306 e. The van der Waals surface area contributed by atoms with Crippen molar-refractivity contribution in [3.8, 4) is 0 Å². The van der Waals surface area contributed by atoms with Gasteiger partial charge >= 0.3 is 17.9 Å². The van der Waals surface area contributed by atoms with Crippen LogP contribution < -0.4 is 0 Å². The number of unbranched alkanes of at least 4 members (excludes halogenated alkanes) is 27. The van der Waals surface area contributed by atoms with Crippen molar-refractivity contribution in [1.29, 1.82) is 0 Å². The molecule has 63 heavy (non-hydrogen) atoms. The van der Waals surface area contributed by atoms with Crippen LogP contribution in [-0.4, -0.2) is 37.2 Å². The molecule has 0 saturated heterocycles. The Morgan fingerprint density at radius 3 is 1.02 bits per heavy atom. The lowest BCUT2D eigenvalue weighted by Gasteiger charge is -2.18. The predicted octanol–water partition coefficient (Wildman–Crippen LogP) is 17.6. The molecule has 0 bridgehead atoms. The molecule has 0 aliphatic rings. The highest BCUT2D eigenvalue weighted by molar-refractivity contribution is 5.71. The summed E-state index contributed by atoms with van der Waals surface area (Å²) in [6.07, 6.45) is 63.8. The van der Waals surface area contributed by atoms with Gasteiger partial charge in [0, 0.05) is 19.3 Å². The Balaban J connectivity index is 4.21. The number of hydrogen-bond donors (Lipinski definition) is 0.